The Kier molecular flexibility index (Phi) is 10.8. The van der Waals surface area contributed by atoms with Gasteiger partial charge in [-0.25, -0.2) is 4.79 Å². The largest absolute Gasteiger partial charge is 0.480 e. The van der Waals surface area contributed by atoms with E-state index in [-0.39, 0.29) is 19.3 Å². The molecule has 3 aromatic carbocycles. The third-order valence-corrected chi connectivity index (χ3v) is 7.33. The molecule has 0 radical (unpaired) electrons. The van der Waals surface area contributed by atoms with Crippen LogP contribution in [0, 0.1) is 0 Å². The molecule has 1 aromatic heterocycles. The van der Waals surface area contributed by atoms with Gasteiger partial charge in [-0.3, -0.25) is 14.4 Å². The van der Waals surface area contributed by atoms with Crippen molar-refractivity contribution in [1.82, 2.24) is 20.9 Å². The van der Waals surface area contributed by atoms with Gasteiger partial charge in [-0.1, -0.05) is 78.9 Å². The molecule has 8 N–H and O–H groups in total. The topological polar surface area (TPSA) is 187 Å². The van der Waals surface area contributed by atoms with Crippen LogP contribution in [0.25, 0.3) is 10.9 Å². The minimum absolute atomic E-state index is 0.00720. The summed E-state index contributed by atoms with van der Waals surface area (Å²) in [5.41, 5.74) is 9.15. The molecule has 5 atom stereocenters. The zero-order valence-electron chi connectivity index (χ0n) is 24.3. The van der Waals surface area contributed by atoms with Crippen molar-refractivity contribution in [2.45, 2.75) is 56.5 Å². The lowest BCUT2D eigenvalue weighted by molar-refractivity contribution is -0.142. The number of carboxylic acid groups (broad SMARTS) is 1. The van der Waals surface area contributed by atoms with Gasteiger partial charge in [0.05, 0.1) is 12.1 Å². The molecule has 5 unspecified atom stereocenters. The Morgan fingerprint density at radius 2 is 1.30 bits per heavy atom. The first kappa shape index (κ1) is 31.9. The second-order valence-corrected chi connectivity index (χ2v) is 10.7. The molecule has 0 spiro atoms. The van der Waals surface area contributed by atoms with Crippen LogP contribution in [0.1, 0.15) is 23.6 Å². The van der Waals surface area contributed by atoms with Crippen molar-refractivity contribution in [3.05, 3.63) is 108 Å². The predicted octanol–water partition coefficient (Wildman–Crippen LogP) is 1.44. The van der Waals surface area contributed by atoms with Crippen LogP contribution in [0.4, 0.5) is 0 Å². The number of rotatable bonds is 14. The van der Waals surface area contributed by atoms with Crippen molar-refractivity contribution >= 4 is 34.6 Å². The zero-order valence-corrected chi connectivity index (χ0v) is 24.3. The maximum Gasteiger partial charge on any atom is 0.326 e. The summed E-state index contributed by atoms with van der Waals surface area (Å²) in [7, 11) is 0. The van der Waals surface area contributed by atoms with Crippen molar-refractivity contribution in [2.24, 2.45) is 5.73 Å². The van der Waals surface area contributed by atoms with Crippen molar-refractivity contribution in [1.29, 1.82) is 0 Å². The molecule has 0 fully saturated rings. The molecule has 4 aromatic rings. The minimum Gasteiger partial charge on any atom is -0.480 e. The molecule has 0 aliphatic heterocycles. The SMILES string of the molecule is CC(O)C(NC(=O)C(N)Cc1ccccc1)C(=O)NC(Cc1c[nH]c2ccccc12)C(=O)NC(Cc1ccccc1)C(=O)O. The number of benzene rings is 3. The van der Waals surface area contributed by atoms with E-state index in [9.17, 15) is 29.4 Å². The van der Waals surface area contributed by atoms with E-state index in [1.165, 1.54) is 6.92 Å². The van der Waals surface area contributed by atoms with Crippen molar-refractivity contribution in [3.8, 4) is 0 Å². The molecule has 0 aliphatic rings. The quantitative estimate of drug-likeness (QED) is 0.114. The molecule has 230 valence electrons. The van der Waals surface area contributed by atoms with Gasteiger partial charge in [0.2, 0.25) is 17.7 Å². The van der Waals surface area contributed by atoms with E-state index < -0.39 is 54.0 Å². The Morgan fingerprint density at radius 1 is 0.727 bits per heavy atom. The van der Waals surface area contributed by atoms with Gasteiger partial charge in [0.25, 0.3) is 0 Å². The number of amides is 3. The Hall–Kier alpha value is -5.00. The van der Waals surface area contributed by atoms with Crippen LogP contribution >= 0.6 is 0 Å². The van der Waals surface area contributed by atoms with Gasteiger partial charge in [0.1, 0.15) is 18.1 Å². The number of aliphatic hydroxyl groups is 1. The van der Waals surface area contributed by atoms with Crippen molar-refractivity contribution in [3.63, 3.8) is 0 Å². The molecule has 1 heterocycles. The number of aliphatic carboxylic acids is 1. The number of nitrogens with one attached hydrogen (secondary N) is 4. The number of aromatic amines is 1. The number of carbonyl (C=O) groups is 4. The number of fused-ring (bicyclic) bond motifs is 1. The third kappa shape index (κ3) is 8.52. The summed E-state index contributed by atoms with van der Waals surface area (Å²) >= 11 is 0. The normalized spacial score (nSPS) is 14.5. The van der Waals surface area contributed by atoms with Gasteiger partial charge >= 0.3 is 5.97 Å². The summed E-state index contributed by atoms with van der Waals surface area (Å²) in [5, 5.41) is 28.8. The molecular formula is C33H37N5O6. The number of carbonyl (C=O) groups excluding carboxylic acids is 3. The van der Waals surface area contributed by atoms with Gasteiger partial charge in [0, 0.05) is 29.9 Å². The standard InChI is InChI=1S/C33H37N5O6/c1-20(39)29(38-30(40)25(34)16-21-10-4-2-5-11-21)32(42)36-27(18-23-19-35-26-15-9-8-14-24(23)26)31(41)37-28(33(43)44)17-22-12-6-3-7-13-22/h2-15,19-20,25,27-29,35,39H,16-18,34H2,1H3,(H,36,42)(H,37,41)(H,38,40)(H,43,44). The first-order valence-electron chi connectivity index (χ1n) is 14.3. The highest BCUT2D eigenvalue weighted by Crippen LogP contribution is 2.19. The number of hydrogen-bond acceptors (Lipinski definition) is 6. The summed E-state index contributed by atoms with van der Waals surface area (Å²) < 4.78 is 0. The van der Waals surface area contributed by atoms with E-state index in [2.05, 4.69) is 20.9 Å². The van der Waals surface area contributed by atoms with Crippen molar-refractivity contribution < 1.29 is 29.4 Å². The molecule has 4 rings (SSSR count). The second-order valence-electron chi connectivity index (χ2n) is 10.7. The molecule has 11 heteroatoms. The Morgan fingerprint density at radius 3 is 1.91 bits per heavy atom. The number of para-hydroxylation sites is 1. The average Bonchev–Trinajstić information content (AvgIpc) is 3.42. The molecular weight excluding hydrogens is 562 g/mol. The predicted molar refractivity (Wildman–Crippen MR) is 165 cm³/mol. The molecule has 0 saturated heterocycles. The molecule has 0 saturated carbocycles. The monoisotopic (exact) mass is 599 g/mol. The fourth-order valence-corrected chi connectivity index (χ4v) is 4.94. The highest BCUT2D eigenvalue weighted by atomic mass is 16.4. The first-order valence-corrected chi connectivity index (χ1v) is 14.3. The number of hydrogen-bond donors (Lipinski definition) is 7. The van der Waals surface area contributed by atoms with Gasteiger partial charge in [-0.05, 0) is 36.1 Å². The van der Waals surface area contributed by atoms with E-state index in [1.807, 2.05) is 54.6 Å². The maximum atomic E-state index is 13.6. The number of aromatic nitrogens is 1. The second kappa shape index (κ2) is 14.9. The highest BCUT2D eigenvalue weighted by Gasteiger charge is 2.33. The average molecular weight is 600 g/mol. The molecule has 44 heavy (non-hydrogen) atoms. The van der Waals surface area contributed by atoms with E-state index in [0.29, 0.717) is 11.1 Å². The first-order chi connectivity index (χ1) is 21.1. The lowest BCUT2D eigenvalue weighted by atomic mass is 10.0. The molecule has 11 nitrogen and oxygen atoms in total. The van der Waals surface area contributed by atoms with Crippen LogP contribution in [-0.4, -0.2) is 69.2 Å². The minimum atomic E-state index is -1.43. The van der Waals surface area contributed by atoms with Crippen LogP contribution in [0.3, 0.4) is 0 Å². The van der Waals surface area contributed by atoms with Crippen LogP contribution in [0.5, 0.6) is 0 Å². The van der Waals surface area contributed by atoms with Crippen molar-refractivity contribution in [2.75, 3.05) is 0 Å². The van der Waals surface area contributed by atoms with Gasteiger partial charge in [-0.2, -0.15) is 0 Å². The molecule has 0 aliphatic carbocycles. The Bertz CT molecular complexity index is 1570. The Balaban J connectivity index is 1.53. The van der Waals surface area contributed by atoms with Crippen LogP contribution in [0.2, 0.25) is 0 Å². The summed E-state index contributed by atoms with van der Waals surface area (Å²) in [5.74, 6) is -3.44. The summed E-state index contributed by atoms with van der Waals surface area (Å²) in [4.78, 5) is 55.2. The molecule has 0 bridgehead atoms. The van der Waals surface area contributed by atoms with E-state index in [4.69, 9.17) is 5.73 Å². The van der Waals surface area contributed by atoms with E-state index >= 15 is 0 Å². The van der Waals surface area contributed by atoms with E-state index in [1.54, 1.807) is 36.5 Å². The number of nitrogens with two attached hydrogens (primary N) is 1. The number of carboxylic acids is 1. The van der Waals surface area contributed by atoms with Gasteiger partial charge in [0.15, 0.2) is 0 Å². The highest BCUT2D eigenvalue weighted by molar-refractivity contribution is 5.95. The van der Waals surface area contributed by atoms with Gasteiger partial charge in [-0.15, -0.1) is 0 Å². The van der Waals surface area contributed by atoms with Crippen LogP contribution in [0.15, 0.2) is 91.1 Å². The number of aliphatic hydroxyl groups excluding tert-OH is 1. The fraction of sp³-hybridized carbons (Fsp3) is 0.273. The number of H-pyrrole nitrogens is 1. The smallest absolute Gasteiger partial charge is 0.326 e. The summed E-state index contributed by atoms with van der Waals surface area (Å²) in [6.45, 7) is 1.34. The summed E-state index contributed by atoms with van der Waals surface area (Å²) in [6.07, 6.45) is 0.634. The molecule has 3 amide bonds. The van der Waals surface area contributed by atoms with E-state index in [0.717, 1.165) is 16.5 Å². The lowest BCUT2D eigenvalue weighted by Crippen LogP contribution is -2.60. The fourth-order valence-electron chi connectivity index (χ4n) is 4.94. The Labute approximate surface area is 254 Å². The maximum absolute atomic E-state index is 13.6. The van der Waals surface area contributed by atoms with Crippen LogP contribution in [-0.2, 0) is 38.4 Å². The zero-order chi connectivity index (χ0) is 31.6. The van der Waals surface area contributed by atoms with Crippen LogP contribution < -0.4 is 21.7 Å². The van der Waals surface area contributed by atoms with Gasteiger partial charge < -0.3 is 36.9 Å². The lowest BCUT2D eigenvalue weighted by Gasteiger charge is -2.26. The summed E-state index contributed by atoms with van der Waals surface area (Å²) in [6, 6.07) is 20.5. The third-order valence-electron chi connectivity index (χ3n) is 7.33.